The molecular weight excluding hydrogens is 1800 g/mol. The average Bonchev–Trinajstić information content (AvgIpc) is 0.779. The maximum Gasteiger partial charge on any atom is -0.00699 e. The van der Waals surface area contributed by atoms with Gasteiger partial charge in [-0.1, -0.05) is 629 Å². The van der Waals surface area contributed by atoms with Gasteiger partial charge in [-0.2, -0.15) is 0 Å². The minimum Gasteiger partial charge on any atom is -0.0622 e. The Kier molecular flexibility index (Phi) is 33.1. The molecule has 0 aliphatic heterocycles. The predicted octanol–water partition coefficient (Wildman–Crippen LogP) is 42.0. The van der Waals surface area contributed by atoms with Gasteiger partial charge in [0, 0.05) is 0 Å². The molecule has 0 N–H and O–H groups in total. The van der Waals surface area contributed by atoms with Crippen molar-refractivity contribution in [3.63, 3.8) is 0 Å². The highest BCUT2D eigenvalue weighted by Gasteiger charge is 2.21. The second-order valence-corrected chi connectivity index (χ2v) is 37.9. The minimum atomic E-state index is 1.25. The van der Waals surface area contributed by atoms with Gasteiger partial charge in [0.15, 0.2) is 0 Å². The predicted molar refractivity (Wildman–Crippen MR) is 645 cm³/mol. The van der Waals surface area contributed by atoms with Crippen molar-refractivity contribution in [1.82, 2.24) is 0 Å². The van der Waals surface area contributed by atoms with Gasteiger partial charge >= 0.3 is 0 Å². The summed E-state index contributed by atoms with van der Waals surface area (Å²) >= 11 is 0. The van der Waals surface area contributed by atoms with Gasteiger partial charge in [-0.05, 0) is 265 Å². The van der Waals surface area contributed by atoms with Gasteiger partial charge in [-0.3, -0.25) is 0 Å². The van der Waals surface area contributed by atoms with E-state index in [0.717, 1.165) is 0 Å². The first kappa shape index (κ1) is 100.0. The van der Waals surface area contributed by atoms with Crippen LogP contribution in [-0.2, 0) is 0 Å². The topological polar surface area (TPSA) is 0 Å². The summed E-state index contributed by atoms with van der Waals surface area (Å²) in [6, 6.07) is 220. The Morgan fingerprint density at radius 3 is 0.647 bits per heavy atom. The molecule has 0 aliphatic rings. The van der Waals surface area contributed by atoms with Gasteiger partial charge in [-0.15, -0.1) is 0 Å². The second kappa shape index (κ2) is 49.7. The Balaban J connectivity index is 0.000000113. The lowest BCUT2D eigenvalue weighted by atomic mass is 9.87. The lowest BCUT2D eigenvalue weighted by Crippen LogP contribution is -1.92. The van der Waals surface area contributed by atoms with Crippen LogP contribution in [0.25, 0.3) is 200 Å². The third-order valence-electron chi connectivity index (χ3n) is 27.7. The molecule has 0 amide bonds. The summed E-state index contributed by atoms with van der Waals surface area (Å²) in [7, 11) is 0. The molecule has 0 atom stereocenters. The number of hydrogen-bond acceptors (Lipinski definition) is 0. The Morgan fingerprint density at radius 2 is 0.280 bits per heavy atom. The van der Waals surface area contributed by atoms with Crippen molar-refractivity contribution < 1.29 is 0 Å². The van der Waals surface area contributed by atoms with Crippen LogP contribution in [0.15, 0.2) is 619 Å². The van der Waals surface area contributed by atoms with Crippen LogP contribution in [0.4, 0.5) is 0 Å². The molecule has 24 rings (SSSR count). The Morgan fingerprint density at radius 1 is 0.0800 bits per heavy atom. The molecule has 24 aromatic rings. The van der Waals surface area contributed by atoms with Gasteiger partial charge < -0.3 is 0 Å². The summed E-state index contributed by atoms with van der Waals surface area (Å²) < 4.78 is 0. The SMILES string of the molecule is Cc1ccc(-c2ccccc2)c(-c2ccccc2-c2ccccc2)c1.Cc1ccc(-c2ccccc2)cc1-c1ccc(-c2ccccc2)cc1.Cc1ccc(-c2ccccc2-c2ccccc2-c2ccccc2)cc1.Cc1cccc(-c2ccccc2)c1-c1ccccc1-c1ccccc1.Cc1cccc(-c2ccccc2-c2ccccc2-c2ccccc2)c1.Cc1ccccc1-c1ccccc1-c1ccccc1-c1ccccc1. The van der Waals surface area contributed by atoms with Crippen molar-refractivity contribution in [2.75, 3.05) is 0 Å². The van der Waals surface area contributed by atoms with Crippen LogP contribution in [0, 0.1) is 41.5 Å². The first-order valence-electron chi connectivity index (χ1n) is 51.8. The van der Waals surface area contributed by atoms with Crippen molar-refractivity contribution >= 4 is 0 Å². The molecule has 0 bridgehead atoms. The fourth-order valence-electron chi connectivity index (χ4n) is 20.1. The standard InChI is InChI=1S/6C25H20/c1-19-11-10-18-23(21-14-6-3-7-15-21)25(19)24-17-9-8-16-22(24)20-12-4-2-5-13-20;1-19-16-17-23(21-12-6-3-7-13-21)25(18-19)24-15-9-8-14-22(24)20-10-4-2-5-11-20;1-19-12-13-24(21-10-6-3-7-11-21)18-25(19)23-16-14-22(15-17-23)20-8-4-2-5-9-20;1-19-10-9-13-21(18-19)23-15-6-8-17-25(23)24-16-7-5-14-22(24)20-11-3-2-4-12-20;1-19-15-17-21(18-16-19)23-12-6-8-14-25(23)24-13-7-5-11-22(24)20-9-3-2-4-10-20;1-19-11-5-6-14-21(19)23-16-9-10-18-25(23)24-17-8-7-15-22(24)20-12-3-2-4-13-20/h6*2-18H,1H3. The van der Waals surface area contributed by atoms with Gasteiger partial charge in [-0.25, -0.2) is 0 Å². The van der Waals surface area contributed by atoms with E-state index in [1.165, 1.54) is 234 Å². The fraction of sp³-hybridized carbons (Fsp3) is 0.0400. The van der Waals surface area contributed by atoms with Gasteiger partial charge in [0.1, 0.15) is 0 Å². The van der Waals surface area contributed by atoms with Crippen LogP contribution in [0.1, 0.15) is 33.4 Å². The van der Waals surface area contributed by atoms with Crippen molar-refractivity contribution in [2.24, 2.45) is 0 Å². The van der Waals surface area contributed by atoms with Crippen LogP contribution >= 0.6 is 0 Å². The largest absolute Gasteiger partial charge is 0.0622 e. The summed E-state index contributed by atoms with van der Waals surface area (Å²) in [4.78, 5) is 0. The summed E-state index contributed by atoms with van der Waals surface area (Å²) in [5, 5.41) is 0. The molecule has 0 unspecified atom stereocenters. The third-order valence-corrected chi connectivity index (χ3v) is 27.7. The Bertz CT molecular complexity index is 8490. The first-order chi connectivity index (χ1) is 74.0. The van der Waals surface area contributed by atoms with E-state index in [2.05, 4.69) is 660 Å². The summed E-state index contributed by atoms with van der Waals surface area (Å²) in [5.74, 6) is 0. The van der Waals surface area contributed by atoms with Crippen LogP contribution in [0.2, 0.25) is 0 Å². The molecule has 720 valence electrons. The van der Waals surface area contributed by atoms with E-state index >= 15 is 0 Å². The lowest BCUT2D eigenvalue weighted by Gasteiger charge is -2.17. The second-order valence-electron chi connectivity index (χ2n) is 37.9. The summed E-state index contributed by atoms with van der Waals surface area (Å²) in [6.07, 6.45) is 0. The monoisotopic (exact) mass is 1920 g/mol. The van der Waals surface area contributed by atoms with Crippen LogP contribution in [-0.4, -0.2) is 0 Å². The zero-order valence-electron chi connectivity index (χ0n) is 85.9. The molecule has 0 fully saturated rings. The third kappa shape index (κ3) is 24.6. The Hall–Kier alpha value is -18.7. The number of rotatable bonds is 18. The normalized spacial score (nSPS) is 10.6. The van der Waals surface area contributed by atoms with Gasteiger partial charge in [0.05, 0.1) is 0 Å². The fourth-order valence-corrected chi connectivity index (χ4v) is 20.1. The molecule has 0 aromatic heterocycles. The van der Waals surface area contributed by atoms with Crippen LogP contribution < -0.4 is 0 Å². The van der Waals surface area contributed by atoms with E-state index in [-0.39, 0.29) is 0 Å². The minimum absolute atomic E-state index is 1.25. The molecule has 0 saturated carbocycles. The molecule has 0 radical (unpaired) electrons. The highest BCUT2D eigenvalue weighted by atomic mass is 14.2. The van der Waals surface area contributed by atoms with Gasteiger partial charge in [0.25, 0.3) is 0 Å². The molecule has 0 heteroatoms. The molecule has 0 nitrogen and oxygen atoms in total. The van der Waals surface area contributed by atoms with E-state index in [1.807, 2.05) is 0 Å². The highest BCUT2D eigenvalue weighted by molar-refractivity contribution is 5.98. The Labute approximate surface area is 887 Å². The molecule has 150 heavy (non-hydrogen) atoms. The van der Waals surface area contributed by atoms with Crippen LogP contribution in [0.5, 0.6) is 0 Å². The molecular formula is C150H120. The zero-order chi connectivity index (χ0) is 102. The number of hydrogen-bond donors (Lipinski definition) is 0. The molecule has 0 heterocycles. The average molecular weight is 1920 g/mol. The summed E-state index contributed by atoms with van der Waals surface area (Å²) in [5.41, 5.74) is 53.4. The highest BCUT2D eigenvalue weighted by Crippen LogP contribution is 2.47. The van der Waals surface area contributed by atoms with Crippen LogP contribution in [0.3, 0.4) is 0 Å². The van der Waals surface area contributed by atoms with Crippen molar-refractivity contribution in [3.8, 4) is 200 Å². The van der Waals surface area contributed by atoms with E-state index in [9.17, 15) is 0 Å². The summed E-state index contributed by atoms with van der Waals surface area (Å²) in [6.45, 7) is 13.0. The van der Waals surface area contributed by atoms with Crippen molar-refractivity contribution in [2.45, 2.75) is 41.5 Å². The van der Waals surface area contributed by atoms with E-state index in [4.69, 9.17) is 0 Å². The van der Waals surface area contributed by atoms with Crippen molar-refractivity contribution in [3.05, 3.63) is 652 Å². The maximum absolute atomic E-state index is 2.30. The number of benzene rings is 24. The van der Waals surface area contributed by atoms with E-state index in [0.29, 0.717) is 0 Å². The molecule has 24 aromatic carbocycles. The smallest absolute Gasteiger partial charge is 0.00699 e. The van der Waals surface area contributed by atoms with E-state index < -0.39 is 0 Å². The lowest BCUT2D eigenvalue weighted by molar-refractivity contribution is 1.45. The quantitative estimate of drug-likeness (QED) is 0.0803. The maximum atomic E-state index is 2.30. The van der Waals surface area contributed by atoms with E-state index in [1.54, 1.807) is 0 Å². The van der Waals surface area contributed by atoms with Crippen molar-refractivity contribution in [1.29, 1.82) is 0 Å². The number of aryl methyl sites for hydroxylation is 6. The molecule has 0 saturated heterocycles. The first-order valence-corrected chi connectivity index (χ1v) is 51.8. The zero-order valence-corrected chi connectivity index (χ0v) is 85.9. The molecule has 0 aliphatic carbocycles. The van der Waals surface area contributed by atoms with Gasteiger partial charge in [0.2, 0.25) is 0 Å². The molecule has 0 spiro atoms.